The van der Waals surface area contributed by atoms with Gasteiger partial charge in [0.2, 0.25) is 5.91 Å². The molecule has 2 rings (SSSR count). The van der Waals surface area contributed by atoms with Crippen LogP contribution in [0.5, 0.6) is 0 Å². The second-order valence-corrected chi connectivity index (χ2v) is 8.21. The van der Waals surface area contributed by atoms with Crippen LogP contribution in [0.15, 0.2) is 27.8 Å². The molecular formula is C16H20FN5OS2. The Labute approximate surface area is 152 Å². The van der Waals surface area contributed by atoms with Crippen molar-refractivity contribution in [2.45, 2.75) is 13.8 Å². The van der Waals surface area contributed by atoms with Crippen LogP contribution in [-0.2, 0) is 15.5 Å². The number of thiazole rings is 1. The van der Waals surface area contributed by atoms with Gasteiger partial charge in [0.1, 0.15) is 22.2 Å². The van der Waals surface area contributed by atoms with Crippen LogP contribution in [-0.4, -0.2) is 41.3 Å². The number of aryl methyl sites for hydroxylation is 1. The molecule has 0 saturated heterocycles. The van der Waals surface area contributed by atoms with Crippen molar-refractivity contribution in [1.29, 1.82) is 0 Å². The van der Waals surface area contributed by atoms with Crippen LogP contribution in [0.1, 0.15) is 12.6 Å². The van der Waals surface area contributed by atoms with Gasteiger partial charge in [0.25, 0.3) is 0 Å². The van der Waals surface area contributed by atoms with E-state index in [4.69, 9.17) is 0 Å². The summed E-state index contributed by atoms with van der Waals surface area (Å²) in [5.74, 6) is -0.0446. The van der Waals surface area contributed by atoms with Gasteiger partial charge in [-0.1, -0.05) is 29.0 Å². The summed E-state index contributed by atoms with van der Waals surface area (Å²) in [5, 5.41) is 4.20. The molecule has 134 valence electrons. The monoisotopic (exact) mass is 381 g/mol. The second-order valence-electron chi connectivity index (χ2n) is 5.46. The minimum atomic E-state index is -0.418. The van der Waals surface area contributed by atoms with Crippen molar-refractivity contribution in [1.82, 2.24) is 9.97 Å². The largest absolute Gasteiger partial charge is 0.316 e. The highest BCUT2D eigenvalue weighted by Gasteiger charge is 2.17. The minimum Gasteiger partial charge on any atom is -0.316 e. The molecule has 0 aliphatic heterocycles. The number of pyridine rings is 1. The maximum Gasteiger partial charge on any atom is 0.228 e. The Balaban J connectivity index is 2.08. The predicted octanol–water partition coefficient (Wildman–Crippen LogP) is 3.32. The molecule has 2 heterocycles. The lowest BCUT2D eigenvalue weighted by atomic mass is 10.2. The molecule has 0 aliphatic rings. The fourth-order valence-corrected chi connectivity index (χ4v) is 4.17. The van der Waals surface area contributed by atoms with Crippen molar-refractivity contribution < 1.29 is 9.18 Å². The molecule has 0 saturated carbocycles. The third-order valence-electron chi connectivity index (χ3n) is 3.27. The van der Waals surface area contributed by atoms with E-state index in [0.717, 1.165) is 6.20 Å². The summed E-state index contributed by atoms with van der Waals surface area (Å²) < 4.78 is 17.6. The number of anilines is 1. The van der Waals surface area contributed by atoms with Crippen molar-refractivity contribution in [2.75, 3.05) is 24.4 Å². The van der Waals surface area contributed by atoms with Gasteiger partial charge in [-0.05, 0) is 19.2 Å². The summed E-state index contributed by atoms with van der Waals surface area (Å²) >= 11 is 1.31. The molecule has 2 aromatic rings. The Morgan fingerprint density at radius 3 is 2.96 bits per heavy atom. The predicted molar refractivity (Wildman–Crippen MR) is 103 cm³/mol. The van der Waals surface area contributed by atoms with Gasteiger partial charge in [-0.2, -0.15) is 0 Å². The summed E-state index contributed by atoms with van der Waals surface area (Å²) in [5.41, 5.74) is 1.29. The molecule has 0 radical (unpaired) electrons. The number of carbonyl (C=O) groups is 1. The molecule has 0 aromatic carbocycles. The van der Waals surface area contributed by atoms with E-state index in [1.165, 1.54) is 23.7 Å². The zero-order chi connectivity index (χ0) is 18.4. The number of aliphatic imine (C=N–C) groups is 1. The first kappa shape index (κ1) is 19.3. The van der Waals surface area contributed by atoms with Crippen molar-refractivity contribution >= 4 is 39.3 Å². The molecule has 2 unspecified atom stereocenters. The maximum atomic E-state index is 13.3. The van der Waals surface area contributed by atoms with E-state index in [-0.39, 0.29) is 22.5 Å². The fraction of sp³-hybridized carbons (Fsp3) is 0.375. The second kappa shape index (κ2) is 8.91. The molecule has 2 atom stereocenters. The molecule has 1 amide bonds. The number of halogens is 1. The first-order valence-electron chi connectivity index (χ1n) is 7.54. The molecule has 25 heavy (non-hydrogen) atoms. The van der Waals surface area contributed by atoms with Crippen molar-refractivity contribution in [2.24, 2.45) is 15.3 Å². The van der Waals surface area contributed by atoms with E-state index >= 15 is 0 Å². The summed E-state index contributed by atoms with van der Waals surface area (Å²) in [6.07, 6.45) is 6.18. The SMILES string of the molecule is CN=CN=S(C)CC(C)C(=O)Nc1sc(-c2cncc(F)c2)nc1C. The van der Waals surface area contributed by atoms with E-state index in [2.05, 4.69) is 24.6 Å². The third-order valence-corrected chi connectivity index (χ3v) is 5.83. The standard InChI is InChI=1S/C16H20FN5OS2/c1-10(8-25(4)20-9-18-3)14(23)22-15-11(2)21-16(24-15)12-5-13(17)7-19-6-12/h5-7,9-10H,8H2,1-4H3,(H,22,23). The highest BCUT2D eigenvalue weighted by Crippen LogP contribution is 2.31. The smallest absolute Gasteiger partial charge is 0.228 e. The molecule has 0 spiro atoms. The van der Waals surface area contributed by atoms with Gasteiger partial charge < -0.3 is 5.32 Å². The first-order chi connectivity index (χ1) is 11.9. The van der Waals surface area contributed by atoms with E-state index in [9.17, 15) is 9.18 Å². The number of carbonyl (C=O) groups excluding carboxylic acids is 1. The Bertz CT molecular complexity index is 819. The number of hydrogen-bond acceptors (Lipinski definition) is 5. The minimum absolute atomic E-state index is 0.0846. The number of aromatic nitrogens is 2. The van der Waals surface area contributed by atoms with E-state index in [0.29, 0.717) is 27.0 Å². The molecule has 0 bridgehead atoms. The van der Waals surface area contributed by atoms with Crippen molar-refractivity contribution in [3.63, 3.8) is 0 Å². The lowest BCUT2D eigenvalue weighted by Gasteiger charge is -2.11. The van der Waals surface area contributed by atoms with Crippen LogP contribution >= 0.6 is 11.3 Å². The Kier molecular flexibility index (Phi) is 6.89. The average Bonchev–Trinajstić information content (AvgIpc) is 2.93. The van der Waals surface area contributed by atoms with Crippen LogP contribution in [0.25, 0.3) is 10.6 Å². The lowest BCUT2D eigenvalue weighted by molar-refractivity contribution is -0.118. The lowest BCUT2D eigenvalue weighted by Crippen LogP contribution is -2.24. The highest BCUT2D eigenvalue weighted by molar-refractivity contribution is 7.86. The van der Waals surface area contributed by atoms with Gasteiger partial charge >= 0.3 is 0 Å². The van der Waals surface area contributed by atoms with Crippen LogP contribution < -0.4 is 5.32 Å². The van der Waals surface area contributed by atoms with E-state index < -0.39 is 5.82 Å². The number of hydrogen-bond donors (Lipinski definition) is 1. The summed E-state index contributed by atoms with van der Waals surface area (Å²) in [6.45, 7) is 3.68. The zero-order valence-electron chi connectivity index (χ0n) is 14.5. The summed E-state index contributed by atoms with van der Waals surface area (Å²) in [7, 11) is 1.40. The number of rotatable bonds is 6. The van der Waals surface area contributed by atoms with Gasteiger partial charge in [-0.3, -0.25) is 14.8 Å². The number of nitrogens with one attached hydrogen (secondary N) is 1. The molecule has 1 N–H and O–H groups in total. The van der Waals surface area contributed by atoms with Crippen LogP contribution in [0.3, 0.4) is 0 Å². The van der Waals surface area contributed by atoms with Gasteiger partial charge in [0.15, 0.2) is 0 Å². The van der Waals surface area contributed by atoms with Crippen LogP contribution in [0, 0.1) is 18.7 Å². The van der Waals surface area contributed by atoms with Crippen molar-refractivity contribution in [3.05, 3.63) is 30.0 Å². The van der Waals surface area contributed by atoms with Gasteiger partial charge in [0.05, 0.1) is 11.9 Å². The van der Waals surface area contributed by atoms with Gasteiger partial charge in [0, 0.05) is 30.5 Å². The molecule has 0 fully saturated rings. The van der Waals surface area contributed by atoms with Crippen molar-refractivity contribution in [3.8, 4) is 10.6 Å². The zero-order valence-corrected chi connectivity index (χ0v) is 16.1. The fourth-order valence-electron chi connectivity index (χ4n) is 2.01. The van der Waals surface area contributed by atoms with Gasteiger partial charge in [-0.15, -0.1) is 0 Å². The van der Waals surface area contributed by atoms with E-state index in [1.807, 2.05) is 20.1 Å². The van der Waals surface area contributed by atoms with E-state index in [1.54, 1.807) is 13.2 Å². The Morgan fingerprint density at radius 1 is 1.52 bits per heavy atom. The summed E-state index contributed by atoms with van der Waals surface area (Å²) in [6, 6.07) is 1.37. The topological polar surface area (TPSA) is 79.6 Å². The Hall–Kier alpha value is -2.00. The van der Waals surface area contributed by atoms with Crippen LogP contribution in [0.4, 0.5) is 9.39 Å². The molecule has 2 aromatic heterocycles. The molecule has 6 nitrogen and oxygen atoms in total. The Morgan fingerprint density at radius 2 is 2.28 bits per heavy atom. The number of amides is 1. The maximum absolute atomic E-state index is 13.3. The van der Waals surface area contributed by atoms with Crippen LogP contribution in [0.2, 0.25) is 0 Å². The molecule has 0 aliphatic carbocycles. The van der Waals surface area contributed by atoms with Gasteiger partial charge in [-0.25, -0.2) is 13.7 Å². The first-order valence-corrected chi connectivity index (χ1v) is 10.1. The summed E-state index contributed by atoms with van der Waals surface area (Å²) in [4.78, 5) is 24.4. The molecule has 9 heteroatoms. The third kappa shape index (κ3) is 5.50. The quantitative estimate of drug-likeness (QED) is 0.616. The highest BCUT2D eigenvalue weighted by atomic mass is 32.2. The molecular weight excluding hydrogens is 361 g/mol. The number of nitrogens with zero attached hydrogens (tertiary/aromatic N) is 4. The normalized spacial score (nSPS) is 14.0. The average molecular weight is 382 g/mol.